The first-order valence-corrected chi connectivity index (χ1v) is 9.17. The number of benzene rings is 2. The molecule has 0 aliphatic rings. The van der Waals surface area contributed by atoms with Crippen molar-refractivity contribution in [2.24, 2.45) is 5.14 Å². The number of nitrogens with two attached hydrogens (primary N) is 1. The Morgan fingerprint density at radius 1 is 1.16 bits per heavy atom. The van der Waals surface area contributed by atoms with E-state index in [-0.39, 0.29) is 20.6 Å². The van der Waals surface area contributed by atoms with Gasteiger partial charge in [0.25, 0.3) is 5.69 Å². The Labute approximate surface area is 146 Å². The fourth-order valence-corrected chi connectivity index (χ4v) is 3.33. The molecule has 0 atom stereocenters. The zero-order valence-corrected chi connectivity index (χ0v) is 14.1. The molecule has 0 saturated heterocycles. The standard InChI is InChI=1S/C14H11N5O4S2/c15-25(22,23)11-6-7-13(12(8-11)19(20)21)24-14-16-9-18(17-14)10-4-2-1-3-5-10/h1-9H,(H2,15,22,23). The lowest BCUT2D eigenvalue weighted by Gasteiger charge is -2.03. The molecule has 9 nitrogen and oxygen atoms in total. The predicted octanol–water partition coefficient (Wildman–Crippen LogP) is 1.97. The maximum absolute atomic E-state index is 11.4. The van der Waals surface area contributed by atoms with Crippen molar-refractivity contribution in [3.05, 3.63) is 65.0 Å². The van der Waals surface area contributed by atoms with E-state index in [0.717, 1.165) is 23.5 Å². The molecule has 0 spiro atoms. The summed E-state index contributed by atoms with van der Waals surface area (Å²) < 4.78 is 24.3. The van der Waals surface area contributed by atoms with Crippen LogP contribution in [0.1, 0.15) is 0 Å². The number of primary sulfonamides is 1. The molecule has 0 amide bonds. The lowest BCUT2D eigenvalue weighted by Crippen LogP contribution is -2.12. The molecule has 1 aromatic heterocycles. The molecule has 2 aromatic carbocycles. The van der Waals surface area contributed by atoms with Crippen LogP contribution < -0.4 is 5.14 Å². The third-order valence-corrected chi connectivity index (χ3v) is 4.99. The van der Waals surface area contributed by atoms with Gasteiger partial charge in [-0.15, -0.1) is 5.10 Å². The van der Waals surface area contributed by atoms with Gasteiger partial charge in [-0.05, 0) is 36.0 Å². The number of hydrogen-bond donors (Lipinski definition) is 1. The highest BCUT2D eigenvalue weighted by Gasteiger charge is 2.21. The first-order valence-electron chi connectivity index (χ1n) is 6.81. The summed E-state index contributed by atoms with van der Waals surface area (Å²) in [6, 6.07) is 12.7. The van der Waals surface area contributed by atoms with Crippen LogP contribution in [0.25, 0.3) is 5.69 Å². The van der Waals surface area contributed by atoms with Gasteiger partial charge in [0.05, 0.1) is 20.4 Å². The first kappa shape index (κ1) is 17.1. The molecular weight excluding hydrogens is 366 g/mol. The number of para-hydroxylation sites is 1. The second-order valence-corrected chi connectivity index (χ2v) is 7.41. The van der Waals surface area contributed by atoms with E-state index in [4.69, 9.17) is 5.14 Å². The molecule has 0 bridgehead atoms. The van der Waals surface area contributed by atoms with Gasteiger partial charge < -0.3 is 0 Å². The Bertz CT molecular complexity index is 1030. The van der Waals surface area contributed by atoms with E-state index < -0.39 is 14.9 Å². The average molecular weight is 377 g/mol. The fourth-order valence-electron chi connectivity index (χ4n) is 2.00. The Morgan fingerprint density at radius 2 is 1.88 bits per heavy atom. The van der Waals surface area contributed by atoms with E-state index in [1.54, 1.807) is 0 Å². The van der Waals surface area contributed by atoms with E-state index in [2.05, 4.69) is 10.1 Å². The van der Waals surface area contributed by atoms with Gasteiger partial charge in [-0.1, -0.05) is 18.2 Å². The largest absolute Gasteiger partial charge is 0.284 e. The third-order valence-electron chi connectivity index (χ3n) is 3.15. The smallest absolute Gasteiger partial charge is 0.258 e. The summed E-state index contributed by atoms with van der Waals surface area (Å²) in [4.78, 5) is 14.5. The van der Waals surface area contributed by atoms with E-state index in [0.29, 0.717) is 0 Å². The van der Waals surface area contributed by atoms with Crippen LogP contribution in [-0.2, 0) is 10.0 Å². The van der Waals surface area contributed by atoms with Gasteiger partial charge in [-0.25, -0.2) is 23.2 Å². The monoisotopic (exact) mass is 377 g/mol. The predicted molar refractivity (Wildman–Crippen MR) is 90.0 cm³/mol. The Kier molecular flexibility index (Phi) is 4.53. The number of nitrogens with zero attached hydrogens (tertiary/aromatic N) is 4. The quantitative estimate of drug-likeness (QED) is 0.530. The highest BCUT2D eigenvalue weighted by molar-refractivity contribution is 7.99. The minimum Gasteiger partial charge on any atom is -0.258 e. The minimum atomic E-state index is -4.03. The topological polar surface area (TPSA) is 134 Å². The van der Waals surface area contributed by atoms with Crippen LogP contribution >= 0.6 is 11.8 Å². The molecule has 3 aromatic rings. The minimum absolute atomic E-state index is 0.211. The van der Waals surface area contributed by atoms with Gasteiger partial charge in [0.15, 0.2) is 0 Å². The van der Waals surface area contributed by atoms with E-state index in [1.165, 1.54) is 23.1 Å². The van der Waals surface area contributed by atoms with Crippen molar-refractivity contribution in [2.45, 2.75) is 14.9 Å². The normalized spacial score (nSPS) is 11.4. The summed E-state index contributed by atoms with van der Waals surface area (Å²) >= 11 is 0.957. The molecule has 0 aliphatic heterocycles. The molecule has 128 valence electrons. The number of hydrogen-bond acceptors (Lipinski definition) is 7. The van der Waals surface area contributed by atoms with Crippen molar-refractivity contribution in [2.75, 3.05) is 0 Å². The van der Waals surface area contributed by atoms with Crippen molar-refractivity contribution in [1.82, 2.24) is 14.8 Å². The van der Waals surface area contributed by atoms with Crippen molar-refractivity contribution in [3.63, 3.8) is 0 Å². The Morgan fingerprint density at radius 3 is 2.52 bits per heavy atom. The summed E-state index contributed by atoms with van der Waals surface area (Å²) in [5.41, 5.74) is 0.411. The average Bonchev–Trinajstić information content (AvgIpc) is 3.03. The zero-order chi connectivity index (χ0) is 18.0. The highest BCUT2D eigenvalue weighted by atomic mass is 32.2. The van der Waals surface area contributed by atoms with E-state index in [1.807, 2.05) is 30.3 Å². The zero-order valence-electron chi connectivity index (χ0n) is 12.5. The number of nitro groups is 1. The van der Waals surface area contributed by atoms with Crippen LogP contribution in [0.3, 0.4) is 0 Å². The maximum Gasteiger partial charge on any atom is 0.284 e. The van der Waals surface area contributed by atoms with Gasteiger partial charge in [0, 0.05) is 6.07 Å². The van der Waals surface area contributed by atoms with Crippen LogP contribution in [0.15, 0.2) is 69.8 Å². The van der Waals surface area contributed by atoms with Crippen LogP contribution in [0.4, 0.5) is 5.69 Å². The lowest BCUT2D eigenvalue weighted by atomic mass is 10.3. The van der Waals surface area contributed by atoms with Crippen molar-refractivity contribution in [3.8, 4) is 5.69 Å². The van der Waals surface area contributed by atoms with Gasteiger partial charge in [-0.2, -0.15) is 0 Å². The van der Waals surface area contributed by atoms with Crippen LogP contribution in [0, 0.1) is 10.1 Å². The molecule has 0 unspecified atom stereocenters. The Hall–Kier alpha value is -2.76. The summed E-state index contributed by atoms with van der Waals surface area (Å²) in [5.74, 6) is 0. The van der Waals surface area contributed by atoms with Crippen molar-refractivity contribution >= 4 is 27.5 Å². The molecular formula is C14H11N5O4S2. The van der Waals surface area contributed by atoms with Gasteiger partial charge in [0.2, 0.25) is 15.2 Å². The number of nitro benzene ring substituents is 1. The van der Waals surface area contributed by atoms with Crippen LogP contribution in [0.5, 0.6) is 0 Å². The fraction of sp³-hybridized carbons (Fsp3) is 0. The molecule has 3 rings (SSSR count). The second-order valence-electron chi connectivity index (χ2n) is 4.84. The Balaban J connectivity index is 1.93. The van der Waals surface area contributed by atoms with Gasteiger partial charge >= 0.3 is 0 Å². The summed E-state index contributed by atoms with van der Waals surface area (Å²) in [6.45, 7) is 0. The second kappa shape index (κ2) is 6.63. The molecule has 2 N–H and O–H groups in total. The SMILES string of the molecule is NS(=O)(=O)c1ccc(Sc2ncn(-c3ccccc3)n2)c([N+](=O)[O-])c1. The third kappa shape index (κ3) is 3.84. The van der Waals surface area contributed by atoms with Crippen LogP contribution in [-0.4, -0.2) is 28.1 Å². The number of aromatic nitrogens is 3. The van der Waals surface area contributed by atoms with Crippen molar-refractivity contribution in [1.29, 1.82) is 0 Å². The lowest BCUT2D eigenvalue weighted by molar-refractivity contribution is -0.388. The highest BCUT2D eigenvalue weighted by Crippen LogP contribution is 2.34. The first-order chi connectivity index (χ1) is 11.8. The van der Waals surface area contributed by atoms with Gasteiger partial charge in [0.1, 0.15) is 6.33 Å². The molecule has 11 heteroatoms. The number of rotatable bonds is 5. The summed E-state index contributed by atoms with van der Waals surface area (Å²) in [6.07, 6.45) is 1.49. The molecule has 1 heterocycles. The van der Waals surface area contributed by atoms with Gasteiger partial charge in [-0.3, -0.25) is 10.1 Å². The van der Waals surface area contributed by atoms with Crippen molar-refractivity contribution < 1.29 is 13.3 Å². The van der Waals surface area contributed by atoms with E-state index >= 15 is 0 Å². The molecule has 25 heavy (non-hydrogen) atoms. The molecule has 0 aliphatic carbocycles. The maximum atomic E-state index is 11.4. The molecule has 0 radical (unpaired) electrons. The summed E-state index contributed by atoms with van der Waals surface area (Å²) in [5, 5.41) is 20.8. The van der Waals surface area contributed by atoms with Crippen LogP contribution in [0.2, 0.25) is 0 Å². The number of sulfonamides is 1. The molecule has 0 saturated carbocycles. The molecule has 0 fully saturated rings. The summed E-state index contributed by atoms with van der Waals surface area (Å²) in [7, 11) is -4.03. The van der Waals surface area contributed by atoms with E-state index in [9.17, 15) is 18.5 Å².